The van der Waals surface area contributed by atoms with Gasteiger partial charge >= 0.3 is 0 Å². The first kappa shape index (κ1) is 16.2. The molecule has 5 saturated carbocycles. The van der Waals surface area contributed by atoms with Crippen LogP contribution in [0.2, 0.25) is 0 Å². The van der Waals surface area contributed by atoms with Gasteiger partial charge < -0.3 is 10.2 Å². The van der Waals surface area contributed by atoms with E-state index in [1.54, 1.807) is 6.20 Å². The maximum Gasteiger partial charge on any atom is 0.256 e. The average Bonchev–Trinajstić information content (AvgIpc) is 3.26. The summed E-state index contributed by atoms with van der Waals surface area (Å²) in [4.78, 5) is 27.6. The van der Waals surface area contributed by atoms with E-state index in [2.05, 4.69) is 5.32 Å². The molecule has 0 aromatic rings. The lowest BCUT2D eigenvalue weighted by molar-refractivity contribution is -0.127. The van der Waals surface area contributed by atoms with E-state index in [1.165, 1.54) is 32.1 Å². The highest BCUT2D eigenvalue weighted by Gasteiger charge is 2.50. The molecule has 0 aliphatic heterocycles. The number of ketones is 1. The van der Waals surface area contributed by atoms with Crippen LogP contribution in [-0.2, 0) is 9.59 Å². The number of amides is 1. The van der Waals surface area contributed by atoms with Gasteiger partial charge in [0.05, 0.1) is 5.57 Å². The summed E-state index contributed by atoms with van der Waals surface area (Å²) < 4.78 is 0. The highest BCUT2D eigenvalue weighted by Crippen LogP contribution is 2.54. The molecular formula is C20H30N2O2. The monoisotopic (exact) mass is 330 g/mol. The molecule has 1 N–H and O–H groups in total. The van der Waals surface area contributed by atoms with Gasteiger partial charge in [0, 0.05) is 31.8 Å². The quantitative estimate of drug-likeness (QED) is 0.479. The minimum Gasteiger partial charge on any atom is -0.383 e. The Hall–Kier alpha value is -1.32. The number of rotatable bonds is 5. The zero-order valence-electron chi connectivity index (χ0n) is 15.2. The van der Waals surface area contributed by atoms with Crippen LogP contribution in [0.1, 0.15) is 51.9 Å². The van der Waals surface area contributed by atoms with Gasteiger partial charge in [-0.25, -0.2) is 0 Å². The van der Waals surface area contributed by atoms with Crippen LogP contribution < -0.4 is 5.32 Å². The summed E-state index contributed by atoms with van der Waals surface area (Å²) >= 11 is 0. The van der Waals surface area contributed by atoms with Gasteiger partial charge in [0.15, 0.2) is 5.78 Å². The molecule has 4 bridgehead atoms. The lowest BCUT2D eigenvalue weighted by atomic mass is 9.54. The van der Waals surface area contributed by atoms with Gasteiger partial charge in [-0.15, -0.1) is 0 Å². The van der Waals surface area contributed by atoms with E-state index in [9.17, 15) is 9.59 Å². The summed E-state index contributed by atoms with van der Waals surface area (Å²) in [5.74, 6) is 2.94. The molecule has 0 spiro atoms. The summed E-state index contributed by atoms with van der Waals surface area (Å²) in [5, 5.41) is 3.29. The van der Waals surface area contributed by atoms with E-state index in [4.69, 9.17) is 0 Å². The van der Waals surface area contributed by atoms with Crippen molar-refractivity contribution in [1.29, 1.82) is 0 Å². The van der Waals surface area contributed by atoms with Crippen molar-refractivity contribution in [3.63, 3.8) is 0 Å². The smallest absolute Gasteiger partial charge is 0.256 e. The maximum absolute atomic E-state index is 13.0. The predicted molar refractivity (Wildman–Crippen MR) is 93.1 cm³/mol. The van der Waals surface area contributed by atoms with E-state index in [1.807, 2.05) is 25.9 Å². The van der Waals surface area contributed by atoms with Crippen LogP contribution in [0, 0.1) is 29.1 Å². The molecule has 0 saturated heterocycles. The average molecular weight is 330 g/mol. The number of carbonyl (C=O) groups is 2. The number of hydrogen-bond donors (Lipinski definition) is 1. The molecule has 0 unspecified atom stereocenters. The third kappa shape index (κ3) is 2.78. The summed E-state index contributed by atoms with van der Waals surface area (Å²) in [5.41, 5.74) is 0.0530. The number of nitrogens with one attached hydrogen (secondary N) is 1. The Morgan fingerprint density at radius 2 is 1.54 bits per heavy atom. The van der Waals surface area contributed by atoms with Crippen LogP contribution >= 0.6 is 0 Å². The molecule has 4 heteroatoms. The summed E-state index contributed by atoms with van der Waals surface area (Å²) in [6.07, 6.45) is 10.0. The Balaban J connectivity index is 1.50. The lowest BCUT2D eigenvalue weighted by Crippen LogP contribution is -2.56. The normalized spacial score (nSPS) is 38.8. The highest BCUT2D eigenvalue weighted by molar-refractivity contribution is 6.21. The van der Waals surface area contributed by atoms with Crippen molar-refractivity contribution in [1.82, 2.24) is 10.2 Å². The first-order valence-corrected chi connectivity index (χ1v) is 9.59. The number of carbonyl (C=O) groups excluding carboxylic acids is 2. The van der Waals surface area contributed by atoms with Crippen molar-refractivity contribution in [3.8, 4) is 0 Å². The molecule has 0 aromatic carbocycles. The molecule has 5 aliphatic rings. The second-order valence-corrected chi connectivity index (χ2v) is 9.33. The SMILES string of the molecule is CN(C)/C=C(\C(=O)NC1C2CC3CC(C2)CC1C3)C(=O)C1(C)CC1. The van der Waals surface area contributed by atoms with Gasteiger partial charge in [-0.05, 0) is 68.6 Å². The van der Waals surface area contributed by atoms with Crippen molar-refractivity contribution in [2.24, 2.45) is 29.1 Å². The molecule has 0 radical (unpaired) electrons. The molecular weight excluding hydrogens is 300 g/mol. The van der Waals surface area contributed by atoms with Gasteiger partial charge in [0.25, 0.3) is 5.91 Å². The third-order valence-electron chi connectivity index (χ3n) is 6.95. The van der Waals surface area contributed by atoms with E-state index in [0.29, 0.717) is 17.4 Å². The number of Topliss-reactive ketones (excluding diaryl/α,β-unsaturated/α-hetero) is 1. The Labute approximate surface area is 145 Å². The molecule has 0 atom stereocenters. The molecule has 5 aliphatic carbocycles. The van der Waals surface area contributed by atoms with E-state index in [0.717, 1.165) is 24.7 Å². The summed E-state index contributed by atoms with van der Waals surface area (Å²) in [6, 6.07) is 0.288. The van der Waals surface area contributed by atoms with Gasteiger partial charge in [-0.2, -0.15) is 0 Å². The van der Waals surface area contributed by atoms with Crippen LogP contribution in [0.25, 0.3) is 0 Å². The fourth-order valence-electron chi connectivity index (χ4n) is 5.61. The van der Waals surface area contributed by atoms with Crippen molar-refractivity contribution in [3.05, 3.63) is 11.8 Å². The Bertz CT molecular complexity index is 560. The largest absolute Gasteiger partial charge is 0.383 e. The Morgan fingerprint density at radius 3 is 2.00 bits per heavy atom. The topological polar surface area (TPSA) is 49.4 Å². The summed E-state index contributed by atoms with van der Waals surface area (Å²) in [7, 11) is 3.75. The van der Waals surface area contributed by atoms with Crippen LogP contribution in [0.5, 0.6) is 0 Å². The second kappa shape index (κ2) is 5.60. The lowest BCUT2D eigenvalue weighted by Gasteiger charge is -2.54. The molecule has 0 heterocycles. The van der Waals surface area contributed by atoms with Crippen LogP contribution in [0.15, 0.2) is 11.8 Å². The van der Waals surface area contributed by atoms with Gasteiger partial charge in [-0.3, -0.25) is 9.59 Å². The van der Waals surface area contributed by atoms with Gasteiger partial charge in [0.2, 0.25) is 0 Å². The van der Waals surface area contributed by atoms with Crippen LogP contribution in [0.4, 0.5) is 0 Å². The van der Waals surface area contributed by atoms with Gasteiger partial charge in [-0.1, -0.05) is 6.92 Å². The highest BCUT2D eigenvalue weighted by atomic mass is 16.2. The molecule has 5 rings (SSSR count). The van der Waals surface area contributed by atoms with Crippen molar-refractivity contribution < 1.29 is 9.59 Å². The molecule has 5 fully saturated rings. The van der Waals surface area contributed by atoms with E-state index in [-0.39, 0.29) is 23.1 Å². The number of hydrogen-bond acceptors (Lipinski definition) is 3. The molecule has 132 valence electrons. The van der Waals surface area contributed by atoms with Crippen molar-refractivity contribution in [2.45, 2.75) is 57.9 Å². The fraction of sp³-hybridized carbons (Fsp3) is 0.800. The predicted octanol–water partition coefficient (Wildman–Crippen LogP) is 2.74. The van der Waals surface area contributed by atoms with Crippen LogP contribution in [-0.4, -0.2) is 36.7 Å². The summed E-state index contributed by atoms with van der Waals surface area (Å²) in [6.45, 7) is 1.98. The Kier molecular flexibility index (Phi) is 3.77. The Morgan fingerprint density at radius 1 is 1.00 bits per heavy atom. The number of nitrogens with zero attached hydrogens (tertiary/aromatic N) is 1. The first-order chi connectivity index (χ1) is 11.4. The van der Waals surface area contributed by atoms with E-state index >= 15 is 0 Å². The third-order valence-corrected chi connectivity index (χ3v) is 6.95. The minimum absolute atomic E-state index is 0.0255. The first-order valence-electron chi connectivity index (χ1n) is 9.59. The van der Waals surface area contributed by atoms with E-state index < -0.39 is 0 Å². The maximum atomic E-state index is 13.0. The molecule has 4 nitrogen and oxygen atoms in total. The standard InChI is InChI=1S/C20H30N2O2/c1-20(4-5-20)18(23)16(11-22(2)3)19(24)21-17-14-7-12-6-13(9-14)10-15(17)8-12/h11-15,17H,4-10H2,1-3H3,(H,21,24)/b16-11-. The molecule has 1 amide bonds. The minimum atomic E-state index is -0.302. The molecule has 0 aromatic heterocycles. The fourth-order valence-corrected chi connectivity index (χ4v) is 5.61. The zero-order chi connectivity index (χ0) is 17.1. The van der Waals surface area contributed by atoms with Crippen molar-refractivity contribution >= 4 is 11.7 Å². The van der Waals surface area contributed by atoms with Gasteiger partial charge in [0.1, 0.15) is 0 Å². The van der Waals surface area contributed by atoms with Crippen molar-refractivity contribution in [2.75, 3.05) is 14.1 Å². The second-order valence-electron chi connectivity index (χ2n) is 9.33. The molecule has 24 heavy (non-hydrogen) atoms. The zero-order valence-corrected chi connectivity index (χ0v) is 15.2. The van der Waals surface area contributed by atoms with Crippen LogP contribution in [0.3, 0.4) is 0 Å².